The minimum atomic E-state index is -0.101. The molecule has 0 atom stereocenters. The summed E-state index contributed by atoms with van der Waals surface area (Å²) in [4.78, 5) is 11.4. The Labute approximate surface area is 110 Å². The van der Waals surface area contributed by atoms with Crippen LogP contribution in [0.3, 0.4) is 0 Å². The highest BCUT2D eigenvalue weighted by atomic mass is 16.1. The molecule has 1 aromatic carbocycles. The van der Waals surface area contributed by atoms with Crippen molar-refractivity contribution >= 4 is 17.1 Å². The van der Waals surface area contributed by atoms with E-state index in [1.54, 1.807) is 4.52 Å². The Morgan fingerprint density at radius 3 is 2.58 bits per heavy atom. The van der Waals surface area contributed by atoms with Gasteiger partial charge >= 0.3 is 0 Å². The molecule has 4 nitrogen and oxygen atoms in total. The van der Waals surface area contributed by atoms with Gasteiger partial charge in [-0.15, -0.1) is 0 Å². The van der Waals surface area contributed by atoms with Crippen molar-refractivity contribution in [2.45, 2.75) is 6.92 Å². The van der Waals surface area contributed by atoms with Crippen molar-refractivity contribution < 1.29 is 4.79 Å². The number of hydrogen-bond acceptors (Lipinski definition) is 2. The molecule has 3 aromatic rings. The number of pyridine rings is 1. The van der Waals surface area contributed by atoms with E-state index < -0.39 is 0 Å². The average molecular weight is 251 g/mol. The maximum atomic E-state index is 11.4. The van der Waals surface area contributed by atoms with Crippen LogP contribution >= 0.6 is 0 Å². The third-order valence-electron chi connectivity index (χ3n) is 2.89. The molecule has 0 spiro atoms. The maximum Gasteiger partial charge on any atom is 0.221 e. The second kappa shape index (κ2) is 4.57. The van der Waals surface area contributed by atoms with Crippen molar-refractivity contribution in [2.75, 3.05) is 5.32 Å². The number of rotatable bonds is 2. The minimum absolute atomic E-state index is 0.101. The fourth-order valence-corrected chi connectivity index (χ4v) is 2.10. The first kappa shape index (κ1) is 11.5. The molecule has 94 valence electrons. The van der Waals surface area contributed by atoms with Crippen LogP contribution in [0.1, 0.15) is 6.92 Å². The van der Waals surface area contributed by atoms with Gasteiger partial charge in [-0.25, -0.2) is 4.52 Å². The fraction of sp³-hybridized carbons (Fsp3) is 0.0667. The van der Waals surface area contributed by atoms with E-state index in [0.29, 0.717) is 0 Å². The molecule has 0 saturated carbocycles. The van der Waals surface area contributed by atoms with Crippen LogP contribution in [-0.2, 0) is 4.79 Å². The fourth-order valence-electron chi connectivity index (χ4n) is 2.10. The van der Waals surface area contributed by atoms with E-state index in [2.05, 4.69) is 10.4 Å². The standard InChI is InChI=1S/C15H13N3O/c1-11(19)16-15-13-9-5-6-10-18(13)17-14(15)12-7-3-2-4-8-12/h2-10H,1H3,(H,16,19). The van der Waals surface area contributed by atoms with E-state index in [-0.39, 0.29) is 5.91 Å². The Balaban J connectivity index is 2.26. The van der Waals surface area contributed by atoms with Crippen LogP contribution in [0.15, 0.2) is 54.7 Å². The van der Waals surface area contributed by atoms with Crippen molar-refractivity contribution in [3.05, 3.63) is 54.7 Å². The number of aromatic nitrogens is 2. The lowest BCUT2D eigenvalue weighted by atomic mass is 10.1. The summed E-state index contributed by atoms with van der Waals surface area (Å²) in [5.74, 6) is -0.101. The lowest BCUT2D eigenvalue weighted by molar-refractivity contribution is -0.114. The molecule has 0 aliphatic rings. The number of nitrogens with one attached hydrogen (secondary N) is 1. The quantitative estimate of drug-likeness (QED) is 0.761. The molecule has 0 unspecified atom stereocenters. The second-order valence-corrected chi connectivity index (χ2v) is 4.30. The number of fused-ring (bicyclic) bond motifs is 1. The van der Waals surface area contributed by atoms with Crippen LogP contribution in [-0.4, -0.2) is 15.5 Å². The first-order valence-electron chi connectivity index (χ1n) is 6.06. The highest BCUT2D eigenvalue weighted by Gasteiger charge is 2.14. The molecule has 0 saturated heterocycles. The Hall–Kier alpha value is -2.62. The topological polar surface area (TPSA) is 46.4 Å². The molecular weight excluding hydrogens is 238 g/mol. The summed E-state index contributed by atoms with van der Waals surface area (Å²) in [7, 11) is 0. The number of carbonyl (C=O) groups is 1. The second-order valence-electron chi connectivity index (χ2n) is 4.30. The average Bonchev–Trinajstić information content (AvgIpc) is 2.78. The largest absolute Gasteiger partial charge is 0.323 e. The van der Waals surface area contributed by atoms with Gasteiger partial charge in [-0.05, 0) is 12.1 Å². The zero-order valence-electron chi connectivity index (χ0n) is 10.5. The Morgan fingerprint density at radius 1 is 1.11 bits per heavy atom. The lowest BCUT2D eigenvalue weighted by Crippen LogP contribution is -2.06. The maximum absolute atomic E-state index is 11.4. The number of benzene rings is 1. The van der Waals surface area contributed by atoms with Gasteiger partial charge in [0.05, 0.1) is 11.2 Å². The van der Waals surface area contributed by atoms with Gasteiger partial charge in [0.2, 0.25) is 5.91 Å². The van der Waals surface area contributed by atoms with Crippen molar-refractivity contribution in [3.63, 3.8) is 0 Å². The van der Waals surface area contributed by atoms with E-state index in [9.17, 15) is 4.79 Å². The predicted molar refractivity (Wildman–Crippen MR) is 74.9 cm³/mol. The molecular formula is C15H13N3O. The molecule has 4 heteroatoms. The van der Waals surface area contributed by atoms with E-state index in [4.69, 9.17) is 0 Å². The third kappa shape index (κ3) is 2.08. The van der Waals surface area contributed by atoms with Crippen LogP contribution in [0.25, 0.3) is 16.8 Å². The summed E-state index contributed by atoms with van der Waals surface area (Å²) < 4.78 is 1.77. The van der Waals surface area contributed by atoms with Gasteiger partial charge in [0, 0.05) is 18.7 Å². The highest BCUT2D eigenvalue weighted by Crippen LogP contribution is 2.30. The summed E-state index contributed by atoms with van der Waals surface area (Å²) in [6.07, 6.45) is 1.87. The first-order valence-corrected chi connectivity index (χ1v) is 6.06. The van der Waals surface area contributed by atoms with Crippen molar-refractivity contribution in [1.82, 2.24) is 9.61 Å². The number of hydrogen-bond donors (Lipinski definition) is 1. The van der Waals surface area contributed by atoms with E-state index in [1.165, 1.54) is 6.92 Å². The zero-order valence-corrected chi connectivity index (χ0v) is 10.5. The number of amides is 1. The summed E-state index contributed by atoms with van der Waals surface area (Å²) in [6.45, 7) is 1.50. The van der Waals surface area contributed by atoms with Gasteiger partial charge in [0.25, 0.3) is 0 Å². The van der Waals surface area contributed by atoms with Gasteiger partial charge in [0.1, 0.15) is 5.69 Å². The summed E-state index contributed by atoms with van der Waals surface area (Å²) in [5.41, 5.74) is 3.40. The molecule has 1 N–H and O–H groups in total. The number of carbonyl (C=O) groups excluding carboxylic acids is 1. The normalized spacial score (nSPS) is 10.6. The first-order chi connectivity index (χ1) is 9.25. The molecule has 0 aliphatic carbocycles. The molecule has 0 fully saturated rings. The van der Waals surface area contributed by atoms with Crippen LogP contribution in [0.4, 0.5) is 5.69 Å². The van der Waals surface area contributed by atoms with Gasteiger partial charge in [-0.1, -0.05) is 36.4 Å². The lowest BCUT2D eigenvalue weighted by Gasteiger charge is -2.03. The van der Waals surface area contributed by atoms with Crippen LogP contribution in [0.2, 0.25) is 0 Å². The van der Waals surface area contributed by atoms with E-state index in [1.807, 2.05) is 54.7 Å². The molecule has 1 amide bonds. The number of anilines is 1. The summed E-state index contributed by atoms with van der Waals surface area (Å²) >= 11 is 0. The Kier molecular flexibility index (Phi) is 2.76. The molecule has 0 bridgehead atoms. The van der Waals surface area contributed by atoms with Crippen LogP contribution in [0.5, 0.6) is 0 Å². The van der Waals surface area contributed by atoms with Crippen molar-refractivity contribution in [3.8, 4) is 11.3 Å². The van der Waals surface area contributed by atoms with Crippen molar-refractivity contribution in [2.24, 2.45) is 0 Å². The van der Waals surface area contributed by atoms with Crippen LogP contribution < -0.4 is 5.32 Å². The Morgan fingerprint density at radius 2 is 1.84 bits per heavy atom. The zero-order chi connectivity index (χ0) is 13.2. The van der Waals surface area contributed by atoms with Gasteiger partial charge in [-0.2, -0.15) is 5.10 Å². The molecule has 19 heavy (non-hydrogen) atoms. The van der Waals surface area contributed by atoms with Crippen LogP contribution in [0, 0.1) is 0 Å². The van der Waals surface area contributed by atoms with Crippen molar-refractivity contribution in [1.29, 1.82) is 0 Å². The molecule has 3 rings (SSSR count). The highest BCUT2D eigenvalue weighted by molar-refractivity contribution is 5.99. The number of nitrogens with zero attached hydrogens (tertiary/aromatic N) is 2. The minimum Gasteiger partial charge on any atom is -0.323 e. The Bertz CT molecular complexity index is 731. The SMILES string of the molecule is CC(=O)Nc1c(-c2ccccc2)nn2ccccc12. The molecule has 2 aromatic heterocycles. The third-order valence-corrected chi connectivity index (χ3v) is 2.89. The van der Waals surface area contributed by atoms with E-state index in [0.717, 1.165) is 22.5 Å². The molecule has 2 heterocycles. The predicted octanol–water partition coefficient (Wildman–Crippen LogP) is 2.96. The van der Waals surface area contributed by atoms with E-state index >= 15 is 0 Å². The van der Waals surface area contributed by atoms with Gasteiger partial charge < -0.3 is 5.32 Å². The summed E-state index contributed by atoms with van der Waals surface area (Å²) in [6, 6.07) is 15.6. The smallest absolute Gasteiger partial charge is 0.221 e. The van der Waals surface area contributed by atoms with Gasteiger partial charge in [0.15, 0.2) is 0 Å². The summed E-state index contributed by atoms with van der Waals surface area (Å²) in [5, 5.41) is 7.41. The molecule has 0 radical (unpaired) electrons. The monoisotopic (exact) mass is 251 g/mol. The molecule has 0 aliphatic heterocycles. The van der Waals surface area contributed by atoms with Gasteiger partial charge in [-0.3, -0.25) is 4.79 Å².